The number of nitrogens with one attached hydrogen (secondary N) is 1. The molecule has 1 aliphatic rings. The van der Waals surface area contributed by atoms with Gasteiger partial charge in [-0.2, -0.15) is 0 Å². The molecule has 0 atom stereocenters. The van der Waals surface area contributed by atoms with Crippen LogP contribution in [-0.4, -0.2) is 40.9 Å². The Labute approximate surface area is 174 Å². The fourth-order valence-corrected chi connectivity index (χ4v) is 5.65. The van der Waals surface area contributed by atoms with Gasteiger partial charge in [-0.3, -0.25) is 14.3 Å². The van der Waals surface area contributed by atoms with Crippen LogP contribution in [0, 0.1) is 0 Å². The third kappa shape index (κ3) is 4.31. The van der Waals surface area contributed by atoms with Crippen molar-refractivity contribution in [3.63, 3.8) is 0 Å². The lowest BCUT2D eigenvalue weighted by Crippen LogP contribution is -2.29. The second-order valence-corrected chi connectivity index (χ2v) is 10.1. The maximum Gasteiger partial charge on any atom is 0.265 e. The molecule has 0 unspecified atom stereocenters. The van der Waals surface area contributed by atoms with Gasteiger partial charge in [-0.25, -0.2) is 21.1 Å². The summed E-state index contributed by atoms with van der Waals surface area (Å²) in [6, 6.07) is 9.66. The molecule has 1 heterocycles. The zero-order valence-corrected chi connectivity index (χ0v) is 17.9. The van der Waals surface area contributed by atoms with E-state index >= 15 is 0 Å². The minimum Gasteiger partial charge on any atom is -0.492 e. The number of hydrogen-bond donors (Lipinski definition) is 1. The predicted octanol–water partition coefficient (Wildman–Crippen LogP) is 2.16. The smallest absolute Gasteiger partial charge is 0.265 e. The Kier molecular flexibility index (Phi) is 5.86. The first kappa shape index (κ1) is 21.8. The fourth-order valence-electron chi connectivity index (χ4n) is 2.99. The number of carbonyl (C=O) groups excluding carboxylic acids is 2. The van der Waals surface area contributed by atoms with Crippen molar-refractivity contribution in [3.8, 4) is 5.75 Å². The number of ketones is 1. The molecule has 0 aliphatic carbocycles. The van der Waals surface area contributed by atoms with Gasteiger partial charge in [-0.05, 0) is 44.2 Å². The summed E-state index contributed by atoms with van der Waals surface area (Å²) in [6.07, 6.45) is -0.173. The molecular weight excluding hydrogens is 432 g/mol. The Morgan fingerprint density at radius 1 is 1.20 bits per heavy atom. The highest BCUT2D eigenvalue weighted by Gasteiger charge is 2.37. The van der Waals surface area contributed by atoms with Crippen molar-refractivity contribution < 1.29 is 31.2 Å². The van der Waals surface area contributed by atoms with E-state index in [-0.39, 0.29) is 46.6 Å². The third-order valence-corrected chi connectivity index (χ3v) is 7.44. The van der Waals surface area contributed by atoms with Crippen molar-refractivity contribution in [2.45, 2.75) is 25.2 Å². The Balaban J connectivity index is 2.07. The number of sulfonamides is 2. The molecular formula is C19H20N2O7S2. The van der Waals surface area contributed by atoms with Gasteiger partial charge in [0, 0.05) is 17.7 Å². The summed E-state index contributed by atoms with van der Waals surface area (Å²) in [6.45, 7) is 3.20. The average Bonchev–Trinajstić information content (AvgIpc) is 2.95. The topological polar surface area (TPSA) is 127 Å². The zero-order valence-electron chi connectivity index (χ0n) is 16.3. The monoisotopic (exact) mass is 452 g/mol. The van der Waals surface area contributed by atoms with Crippen LogP contribution < -0.4 is 13.8 Å². The van der Waals surface area contributed by atoms with Crippen LogP contribution in [0.5, 0.6) is 5.75 Å². The molecule has 1 fully saturated rings. The van der Waals surface area contributed by atoms with E-state index in [1.54, 1.807) is 13.0 Å². The molecule has 2 aromatic carbocycles. The number of amides is 1. The molecule has 0 radical (unpaired) electrons. The Hall–Kier alpha value is -2.92. The molecule has 160 valence electrons. The second-order valence-electron chi connectivity index (χ2n) is 6.53. The molecule has 0 saturated carbocycles. The van der Waals surface area contributed by atoms with Crippen LogP contribution in [0.1, 0.15) is 30.6 Å². The highest BCUT2D eigenvalue weighted by molar-refractivity contribution is 7.94. The SMILES string of the molecule is CCOc1ccc(N2C(=O)CCS2(=O)=O)cc1S(=O)(=O)Nc1cccc(C(C)=O)c1. The van der Waals surface area contributed by atoms with Crippen LogP contribution in [0.2, 0.25) is 0 Å². The number of hydrogen-bond acceptors (Lipinski definition) is 7. The quantitative estimate of drug-likeness (QED) is 0.638. The van der Waals surface area contributed by atoms with E-state index < -0.39 is 26.0 Å². The third-order valence-electron chi connectivity index (χ3n) is 4.35. The summed E-state index contributed by atoms with van der Waals surface area (Å²) in [5, 5.41) is 0. The standard InChI is InChI=1S/C19H20N2O7S2/c1-3-28-17-8-7-16(21-19(23)9-10-29(21,24)25)12-18(17)30(26,27)20-15-6-4-5-14(11-15)13(2)22/h4-8,11-12,20H,3,9-10H2,1-2H3. The van der Waals surface area contributed by atoms with Crippen molar-refractivity contribution in [1.29, 1.82) is 0 Å². The summed E-state index contributed by atoms with van der Waals surface area (Å²) in [4.78, 5) is 23.3. The van der Waals surface area contributed by atoms with Crippen LogP contribution in [-0.2, 0) is 24.8 Å². The first-order valence-corrected chi connectivity index (χ1v) is 12.1. The lowest BCUT2D eigenvalue weighted by Gasteiger charge is -2.18. The van der Waals surface area contributed by atoms with Crippen LogP contribution >= 0.6 is 0 Å². The van der Waals surface area contributed by atoms with Gasteiger partial charge in [0.05, 0.1) is 18.0 Å². The summed E-state index contributed by atoms with van der Waals surface area (Å²) < 4.78 is 58.9. The maximum absolute atomic E-state index is 13.1. The van der Waals surface area contributed by atoms with Crippen molar-refractivity contribution in [2.75, 3.05) is 21.4 Å². The molecule has 0 bridgehead atoms. The van der Waals surface area contributed by atoms with Crippen LogP contribution in [0.3, 0.4) is 0 Å². The molecule has 9 nitrogen and oxygen atoms in total. The Bertz CT molecular complexity index is 1220. The van der Waals surface area contributed by atoms with Gasteiger partial charge >= 0.3 is 0 Å². The molecule has 1 N–H and O–H groups in total. The number of ether oxygens (including phenoxy) is 1. The van der Waals surface area contributed by atoms with Crippen molar-refractivity contribution in [3.05, 3.63) is 48.0 Å². The van der Waals surface area contributed by atoms with Crippen molar-refractivity contribution >= 4 is 43.1 Å². The molecule has 30 heavy (non-hydrogen) atoms. The van der Waals surface area contributed by atoms with E-state index in [9.17, 15) is 26.4 Å². The summed E-state index contributed by atoms with van der Waals surface area (Å²) in [5.41, 5.74) is 0.391. The summed E-state index contributed by atoms with van der Waals surface area (Å²) >= 11 is 0. The molecule has 0 aromatic heterocycles. The Morgan fingerprint density at radius 3 is 2.53 bits per heavy atom. The number of benzene rings is 2. The zero-order chi connectivity index (χ0) is 22.1. The summed E-state index contributed by atoms with van der Waals surface area (Å²) in [7, 11) is -8.10. The molecule has 1 saturated heterocycles. The van der Waals surface area contributed by atoms with E-state index in [4.69, 9.17) is 4.74 Å². The Morgan fingerprint density at radius 2 is 1.93 bits per heavy atom. The number of Topliss-reactive ketones (excluding diaryl/α,β-unsaturated/α-hetero) is 1. The maximum atomic E-state index is 13.1. The van der Waals surface area contributed by atoms with Crippen LogP contribution in [0.25, 0.3) is 0 Å². The normalized spacial score (nSPS) is 15.8. The second kappa shape index (κ2) is 8.07. The van der Waals surface area contributed by atoms with Gasteiger partial charge in [-0.1, -0.05) is 12.1 Å². The van der Waals surface area contributed by atoms with Gasteiger partial charge < -0.3 is 4.74 Å². The first-order valence-electron chi connectivity index (χ1n) is 9.01. The van der Waals surface area contributed by atoms with E-state index in [0.29, 0.717) is 9.87 Å². The minimum atomic E-state index is -4.23. The van der Waals surface area contributed by atoms with E-state index in [2.05, 4.69) is 4.72 Å². The lowest BCUT2D eigenvalue weighted by atomic mass is 10.1. The van der Waals surface area contributed by atoms with E-state index in [0.717, 1.165) is 6.07 Å². The number of nitrogens with zero attached hydrogens (tertiary/aromatic N) is 1. The van der Waals surface area contributed by atoms with Gasteiger partial charge in [0.25, 0.3) is 10.0 Å². The highest BCUT2D eigenvalue weighted by atomic mass is 32.2. The molecule has 1 amide bonds. The largest absolute Gasteiger partial charge is 0.492 e. The highest BCUT2D eigenvalue weighted by Crippen LogP contribution is 2.33. The van der Waals surface area contributed by atoms with E-state index in [1.807, 2.05) is 0 Å². The molecule has 0 spiro atoms. The van der Waals surface area contributed by atoms with Crippen molar-refractivity contribution in [2.24, 2.45) is 0 Å². The van der Waals surface area contributed by atoms with Gasteiger partial charge in [-0.15, -0.1) is 0 Å². The van der Waals surface area contributed by atoms with Crippen LogP contribution in [0.15, 0.2) is 47.4 Å². The average molecular weight is 453 g/mol. The molecule has 2 aromatic rings. The molecule has 1 aliphatic heterocycles. The molecule has 11 heteroatoms. The van der Waals surface area contributed by atoms with E-state index in [1.165, 1.54) is 37.3 Å². The number of anilines is 2. The van der Waals surface area contributed by atoms with Gasteiger partial charge in [0.2, 0.25) is 15.9 Å². The summed E-state index contributed by atoms with van der Waals surface area (Å²) in [5.74, 6) is -1.20. The fraction of sp³-hybridized carbons (Fsp3) is 0.263. The number of carbonyl (C=O) groups is 2. The minimum absolute atomic E-state index is 0.000478. The lowest BCUT2D eigenvalue weighted by molar-refractivity contribution is -0.116. The van der Waals surface area contributed by atoms with Crippen LogP contribution in [0.4, 0.5) is 11.4 Å². The number of rotatable bonds is 7. The van der Waals surface area contributed by atoms with Gasteiger partial charge in [0.1, 0.15) is 10.6 Å². The van der Waals surface area contributed by atoms with Crippen molar-refractivity contribution in [1.82, 2.24) is 0 Å². The predicted molar refractivity (Wildman–Crippen MR) is 111 cm³/mol. The first-order chi connectivity index (χ1) is 14.0. The molecule has 3 rings (SSSR count). The van der Waals surface area contributed by atoms with Gasteiger partial charge in [0.15, 0.2) is 5.78 Å².